The number of nitrogens with one attached hydrogen (secondary N) is 1. The van der Waals surface area contributed by atoms with Crippen molar-refractivity contribution in [1.82, 2.24) is 4.90 Å². The molecule has 0 aliphatic carbocycles. The summed E-state index contributed by atoms with van der Waals surface area (Å²) in [4.78, 5) is 28.9. The second kappa shape index (κ2) is 9.51. The van der Waals surface area contributed by atoms with Gasteiger partial charge in [-0.05, 0) is 42.3 Å². The van der Waals surface area contributed by atoms with Crippen LogP contribution in [0.1, 0.15) is 30.6 Å². The molecule has 2 aromatic rings. The van der Waals surface area contributed by atoms with E-state index in [0.29, 0.717) is 28.6 Å². The number of benzene rings is 2. The van der Waals surface area contributed by atoms with Crippen LogP contribution in [-0.2, 0) is 4.79 Å². The van der Waals surface area contributed by atoms with E-state index in [-0.39, 0.29) is 16.8 Å². The molecule has 1 N–H and O–H groups in total. The number of nitrogens with zero attached hydrogens (tertiary/aromatic N) is 2. The zero-order valence-electron chi connectivity index (χ0n) is 16.6. The van der Waals surface area contributed by atoms with Crippen LogP contribution in [0.15, 0.2) is 42.5 Å². The van der Waals surface area contributed by atoms with Gasteiger partial charge in [-0.3, -0.25) is 9.59 Å². The largest absolute Gasteiger partial charge is 0.368 e. The molecule has 0 unspecified atom stereocenters. The predicted molar refractivity (Wildman–Crippen MR) is 119 cm³/mol. The molecule has 3 rings (SSSR count). The maximum Gasteiger partial charge on any atom is 0.257 e. The Bertz CT molecular complexity index is 876. The number of rotatable bonds is 5. The quantitative estimate of drug-likeness (QED) is 0.725. The van der Waals surface area contributed by atoms with Crippen molar-refractivity contribution in [3.63, 3.8) is 0 Å². The molecule has 154 valence electrons. The van der Waals surface area contributed by atoms with Crippen LogP contribution >= 0.6 is 23.2 Å². The highest BCUT2D eigenvalue weighted by molar-refractivity contribution is 6.44. The lowest BCUT2D eigenvalue weighted by atomic mass is 10.1. The summed E-state index contributed by atoms with van der Waals surface area (Å²) in [6.45, 7) is 7.19. The van der Waals surface area contributed by atoms with Crippen molar-refractivity contribution in [3.8, 4) is 0 Å². The van der Waals surface area contributed by atoms with E-state index < -0.39 is 0 Å². The van der Waals surface area contributed by atoms with Gasteiger partial charge in [0.1, 0.15) is 0 Å². The van der Waals surface area contributed by atoms with E-state index in [1.165, 1.54) is 0 Å². The van der Waals surface area contributed by atoms with Crippen LogP contribution in [0.3, 0.4) is 0 Å². The van der Waals surface area contributed by atoms with Crippen molar-refractivity contribution in [1.29, 1.82) is 0 Å². The molecule has 2 aromatic carbocycles. The van der Waals surface area contributed by atoms with E-state index in [4.69, 9.17) is 23.2 Å². The third kappa shape index (κ3) is 5.43. The maximum absolute atomic E-state index is 12.4. The molecule has 0 aromatic heterocycles. The van der Waals surface area contributed by atoms with Gasteiger partial charge in [-0.1, -0.05) is 43.1 Å². The van der Waals surface area contributed by atoms with Gasteiger partial charge < -0.3 is 15.1 Å². The van der Waals surface area contributed by atoms with Gasteiger partial charge in [0.05, 0.1) is 15.6 Å². The van der Waals surface area contributed by atoms with Gasteiger partial charge in [-0.25, -0.2) is 0 Å². The van der Waals surface area contributed by atoms with Crippen molar-refractivity contribution in [3.05, 3.63) is 58.1 Å². The second-order valence-electron chi connectivity index (χ2n) is 7.57. The van der Waals surface area contributed by atoms with Gasteiger partial charge in [-0.15, -0.1) is 0 Å². The normalized spacial score (nSPS) is 14.2. The van der Waals surface area contributed by atoms with E-state index in [1.807, 2.05) is 29.2 Å². The van der Waals surface area contributed by atoms with Gasteiger partial charge >= 0.3 is 0 Å². The molecule has 0 bridgehead atoms. The lowest BCUT2D eigenvalue weighted by molar-refractivity contribution is -0.132. The lowest BCUT2D eigenvalue weighted by Crippen LogP contribution is -2.49. The zero-order valence-corrected chi connectivity index (χ0v) is 18.1. The third-order valence-corrected chi connectivity index (χ3v) is 5.72. The Balaban J connectivity index is 1.57. The SMILES string of the molecule is CC(C)CC(=O)N1CCN(c2ccc(NC(=O)c3cccc(Cl)c3Cl)cc2)CC1. The van der Waals surface area contributed by atoms with Gasteiger partial charge in [0.25, 0.3) is 5.91 Å². The topological polar surface area (TPSA) is 52.7 Å². The number of amides is 2. The first kappa shape index (κ1) is 21.5. The third-order valence-electron chi connectivity index (χ3n) is 4.90. The molecule has 0 saturated carbocycles. The molecule has 5 nitrogen and oxygen atoms in total. The molecule has 1 aliphatic rings. The summed E-state index contributed by atoms with van der Waals surface area (Å²) >= 11 is 12.1. The smallest absolute Gasteiger partial charge is 0.257 e. The number of carbonyl (C=O) groups excluding carboxylic acids is 2. The monoisotopic (exact) mass is 433 g/mol. The summed E-state index contributed by atoms with van der Waals surface area (Å²) < 4.78 is 0. The number of hydrogen-bond donors (Lipinski definition) is 1. The van der Waals surface area contributed by atoms with E-state index in [0.717, 1.165) is 31.9 Å². The van der Waals surface area contributed by atoms with Gasteiger partial charge in [0.2, 0.25) is 5.91 Å². The molecule has 1 fully saturated rings. The number of hydrogen-bond acceptors (Lipinski definition) is 3. The number of carbonyl (C=O) groups is 2. The molecule has 1 saturated heterocycles. The summed E-state index contributed by atoms with van der Waals surface area (Å²) in [7, 11) is 0. The van der Waals surface area contributed by atoms with Crippen molar-refractivity contribution in [2.75, 3.05) is 36.4 Å². The molecule has 1 aliphatic heterocycles. The Morgan fingerprint density at radius 3 is 2.28 bits per heavy atom. The highest BCUT2D eigenvalue weighted by Crippen LogP contribution is 2.27. The van der Waals surface area contributed by atoms with Gasteiger partial charge in [0, 0.05) is 44.0 Å². The van der Waals surface area contributed by atoms with Crippen molar-refractivity contribution < 1.29 is 9.59 Å². The Labute approximate surface area is 181 Å². The van der Waals surface area contributed by atoms with Crippen molar-refractivity contribution in [2.24, 2.45) is 5.92 Å². The average molecular weight is 434 g/mol. The highest BCUT2D eigenvalue weighted by Gasteiger charge is 2.21. The minimum absolute atomic E-state index is 0.234. The number of piperazine rings is 1. The summed E-state index contributed by atoms with van der Waals surface area (Å²) in [5, 5.41) is 3.43. The Hall–Kier alpha value is -2.24. The molecule has 1 heterocycles. The zero-order chi connectivity index (χ0) is 21.0. The molecule has 0 spiro atoms. The van der Waals surface area contributed by atoms with Crippen LogP contribution in [0.4, 0.5) is 11.4 Å². The highest BCUT2D eigenvalue weighted by atomic mass is 35.5. The lowest BCUT2D eigenvalue weighted by Gasteiger charge is -2.36. The van der Waals surface area contributed by atoms with Crippen molar-refractivity contribution in [2.45, 2.75) is 20.3 Å². The van der Waals surface area contributed by atoms with Crippen LogP contribution in [-0.4, -0.2) is 42.9 Å². The molecule has 7 heteroatoms. The van der Waals surface area contributed by atoms with E-state index in [9.17, 15) is 9.59 Å². The number of halogens is 2. The molecule has 29 heavy (non-hydrogen) atoms. The van der Waals surface area contributed by atoms with E-state index in [1.54, 1.807) is 18.2 Å². The fourth-order valence-corrected chi connectivity index (χ4v) is 3.71. The summed E-state index contributed by atoms with van der Waals surface area (Å²) in [6.07, 6.45) is 0.602. The Morgan fingerprint density at radius 2 is 1.66 bits per heavy atom. The van der Waals surface area contributed by atoms with Crippen LogP contribution in [0.25, 0.3) is 0 Å². The fourth-order valence-electron chi connectivity index (χ4n) is 3.33. The molecule has 0 radical (unpaired) electrons. The first-order valence-corrected chi connectivity index (χ1v) is 10.5. The van der Waals surface area contributed by atoms with E-state index in [2.05, 4.69) is 24.1 Å². The van der Waals surface area contributed by atoms with Crippen LogP contribution in [0.5, 0.6) is 0 Å². The molecule has 2 amide bonds. The van der Waals surface area contributed by atoms with Crippen LogP contribution in [0, 0.1) is 5.92 Å². The molecular formula is C22H25Cl2N3O2. The Kier molecular flexibility index (Phi) is 7.04. The average Bonchev–Trinajstić information content (AvgIpc) is 2.70. The minimum Gasteiger partial charge on any atom is -0.368 e. The Morgan fingerprint density at radius 1 is 1.00 bits per heavy atom. The maximum atomic E-state index is 12.4. The van der Waals surface area contributed by atoms with Crippen LogP contribution in [0.2, 0.25) is 10.0 Å². The summed E-state index contributed by atoms with van der Waals surface area (Å²) in [5.41, 5.74) is 2.09. The first-order valence-electron chi connectivity index (χ1n) is 9.73. The second-order valence-corrected chi connectivity index (χ2v) is 8.35. The predicted octanol–water partition coefficient (Wildman–Crippen LogP) is 4.94. The minimum atomic E-state index is -0.303. The molecular weight excluding hydrogens is 409 g/mol. The fraction of sp³-hybridized carbons (Fsp3) is 0.364. The number of anilines is 2. The van der Waals surface area contributed by atoms with E-state index >= 15 is 0 Å². The molecule has 0 atom stereocenters. The summed E-state index contributed by atoms with van der Waals surface area (Å²) in [6, 6.07) is 12.6. The summed E-state index contributed by atoms with van der Waals surface area (Å²) in [5.74, 6) is 0.310. The standard InChI is InChI=1S/C22H25Cl2N3O2/c1-15(2)14-20(28)27-12-10-26(11-13-27)17-8-6-16(7-9-17)25-22(29)18-4-3-5-19(23)21(18)24/h3-9,15H,10-14H2,1-2H3,(H,25,29). The first-order chi connectivity index (χ1) is 13.8. The van der Waals surface area contributed by atoms with Crippen molar-refractivity contribution >= 4 is 46.4 Å². The van der Waals surface area contributed by atoms with Crippen LogP contribution < -0.4 is 10.2 Å². The van der Waals surface area contributed by atoms with Gasteiger partial charge in [-0.2, -0.15) is 0 Å². The van der Waals surface area contributed by atoms with Gasteiger partial charge in [0.15, 0.2) is 0 Å².